The van der Waals surface area contributed by atoms with Gasteiger partial charge in [0.25, 0.3) is 0 Å². The van der Waals surface area contributed by atoms with Crippen LogP contribution in [0.5, 0.6) is 0 Å². The average molecular weight is 182 g/mol. The average Bonchev–Trinajstić information content (AvgIpc) is 2.47. The Kier molecular flexibility index (Phi) is 3.14. The van der Waals surface area contributed by atoms with Crippen molar-refractivity contribution in [2.45, 2.75) is 26.3 Å². The zero-order valence-corrected chi connectivity index (χ0v) is 7.89. The third-order valence-electron chi connectivity index (χ3n) is 1.74. The number of thiocarbonyl (C=S) groups is 1. The van der Waals surface area contributed by atoms with Gasteiger partial charge in [-0.1, -0.05) is 12.1 Å². The van der Waals surface area contributed by atoms with Gasteiger partial charge >= 0.3 is 0 Å². The lowest BCUT2D eigenvalue weighted by atomic mass is 10.1. The van der Waals surface area contributed by atoms with Crippen LogP contribution in [-0.2, 0) is 0 Å². The second kappa shape index (κ2) is 4.14. The number of rotatable bonds is 3. The molecule has 3 nitrogen and oxygen atoms in total. The number of aliphatic imine (C=N–C) groups is 1. The third kappa shape index (κ3) is 1.78. The Balaban J connectivity index is 2.93. The first-order valence-corrected chi connectivity index (χ1v) is 4.18. The fourth-order valence-corrected chi connectivity index (χ4v) is 1.19. The smallest absolute Gasteiger partial charge is 0.129 e. The van der Waals surface area contributed by atoms with Gasteiger partial charge in [0.15, 0.2) is 0 Å². The van der Waals surface area contributed by atoms with Crippen molar-refractivity contribution < 1.29 is 4.52 Å². The number of isothiocyanates is 1. The highest BCUT2D eigenvalue weighted by molar-refractivity contribution is 7.78. The van der Waals surface area contributed by atoms with E-state index in [4.69, 9.17) is 4.52 Å². The molecule has 1 aromatic heterocycles. The standard InChI is InChI=1S/C8H10N2OS/c1-3-8(9-5-12)7-4-11-10-6(7)2/h4,8H,3H2,1-2H3/t8-/m1/s1. The molecule has 1 rings (SSSR count). The maximum absolute atomic E-state index is 4.80. The molecular formula is C8H10N2OS. The topological polar surface area (TPSA) is 38.4 Å². The van der Waals surface area contributed by atoms with Crippen LogP contribution >= 0.6 is 12.2 Å². The van der Waals surface area contributed by atoms with Gasteiger partial charge in [-0.25, -0.2) is 4.99 Å². The van der Waals surface area contributed by atoms with Crippen LogP contribution in [0.15, 0.2) is 15.8 Å². The van der Waals surface area contributed by atoms with E-state index < -0.39 is 0 Å². The normalized spacial score (nSPS) is 12.2. The van der Waals surface area contributed by atoms with E-state index in [1.807, 2.05) is 13.8 Å². The summed E-state index contributed by atoms with van der Waals surface area (Å²) in [6.07, 6.45) is 2.49. The lowest BCUT2D eigenvalue weighted by Crippen LogP contribution is -1.93. The second-order valence-corrected chi connectivity index (χ2v) is 2.68. The number of aromatic nitrogens is 1. The molecule has 0 unspecified atom stereocenters. The highest BCUT2D eigenvalue weighted by atomic mass is 32.1. The molecule has 1 atom stereocenters. The molecule has 0 spiro atoms. The summed E-state index contributed by atoms with van der Waals surface area (Å²) in [6.45, 7) is 3.92. The minimum absolute atomic E-state index is 0.0498. The fraction of sp³-hybridized carbons (Fsp3) is 0.500. The van der Waals surface area contributed by atoms with Gasteiger partial charge in [-0.3, -0.25) is 0 Å². The molecule has 1 heterocycles. The molecule has 4 heteroatoms. The molecule has 0 saturated carbocycles. The molecule has 0 radical (unpaired) electrons. The van der Waals surface area contributed by atoms with Crippen molar-refractivity contribution in [2.24, 2.45) is 4.99 Å². The van der Waals surface area contributed by atoms with Gasteiger partial charge < -0.3 is 4.52 Å². The quantitative estimate of drug-likeness (QED) is 0.532. The number of hydrogen-bond acceptors (Lipinski definition) is 4. The Labute approximate surface area is 76.5 Å². The highest BCUT2D eigenvalue weighted by Gasteiger charge is 2.12. The molecule has 0 amide bonds. The summed E-state index contributed by atoms with van der Waals surface area (Å²) >= 11 is 4.54. The third-order valence-corrected chi connectivity index (χ3v) is 1.85. The van der Waals surface area contributed by atoms with Crippen LogP contribution in [0.25, 0.3) is 0 Å². The van der Waals surface area contributed by atoms with Crippen LogP contribution in [0, 0.1) is 6.92 Å². The monoisotopic (exact) mass is 182 g/mol. The van der Waals surface area contributed by atoms with E-state index in [0.717, 1.165) is 17.7 Å². The summed E-state index contributed by atoms with van der Waals surface area (Å²) in [6, 6.07) is 0.0498. The number of hydrogen-bond donors (Lipinski definition) is 0. The molecule has 0 aliphatic rings. The largest absolute Gasteiger partial charge is 0.364 e. The van der Waals surface area contributed by atoms with Gasteiger partial charge in [0.1, 0.15) is 6.26 Å². The molecule has 0 fully saturated rings. The first kappa shape index (κ1) is 9.10. The van der Waals surface area contributed by atoms with Crippen molar-refractivity contribution >= 4 is 17.4 Å². The van der Waals surface area contributed by atoms with Crippen molar-refractivity contribution in [1.29, 1.82) is 0 Å². The molecule has 0 aromatic carbocycles. The van der Waals surface area contributed by atoms with Crippen molar-refractivity contribution in [1.82, 2.24) is 5.16 Å². The van der Waals surface area contributed by atoms with Crippen LogP contribution in [-0.4, -0.2) is 10.3 Å². The van der Waals surface area contributed by atoms with Crippen LogP contribution in [0.3, 0.4) is 0 Å². The fourth-order valence-electron chi connectivity index (χ4n) is 1.06. The van der Waals surface area contributed by atoms with Crippen LogP contribution < -0.4 is 0 Å². The van der Waals surface area contributed by atoms with Gasteiger partial charge in [-0.05, 0) is 25.6 Å². The van der Waals surface area contributed by atoms with E-state index >= 15 is 0 Å². The summed E-state index contributed by atoms with van der Waals surface area (Å²) in [5.74, 6) is 0. The molecule has 0 aliphatic carbocycles. The van der Waals surface area contributed by atoms with Gasteiger partial charge in [-0.2, -0.15) is 0 Å². The van der Waals surface area contributed by atoms with Crippen LogP contribution in [0.2, 0.25) is 0 Å². The summed E-state index contributed by atoms with van der Waals surface area (Å²) in [5, 5.41) is 6.14. The zero-order chi connectivity index (χ0) is 8.97. The van der Waals surface area contributed by atoms with Gasteiger partial charge in [-0.15, -0.1) is 0 Å². The van der Waals surface area contributed by atoms with E-state index in [9.17, 15) is 0 Å². The Hall–Kier alpha value is -0.990. The van der Waals surface area contributed by atoms with Crippen molar-refractivity contribution in [3.8, 4) is 0 Å². The molecule has 12 heavy (non-hydrogen) atoms. The summed E-state index contributed by atoms with van der Waals surface area (Å²) in [7, 11) is 0. The Morgan fingerprint density at radius 1 is 1.83 bits per heavy atom. The lowest BCUT2D eigenvalue weighted by Gasteiger charge is -2.03. The molecule has 0 N–H and O–H groups in total. The molecule has 0 saturated heterocycles. The summed E-state index contributed by atoms with van der Waals surface area (Å²) < 4.78 is 4.80. The van der Waals surface area contributed by atoms with E-state index in [2.05, 4.69) is 27.5 Å². The van der Waals surface area contributed by atoms with E-state index in [0.29, 0.717) is 0 Å². The first-order chi connectivity index (χ1) is 5.79. The predicted molar refractivity (Wildman–Crippen MR) is 49.3 cm³/mol. The van der Waals surface area contributed by atoms with Gasteiger partial charge in [0, 0.05) is 5.56 Å². The minimum Gasteiger partial charge on any atom is -0.364 e. The predicted octanol–water partition coefficient (Wildman–Crippen LogP) is 2.54. The SMILES string of the molecule is CC[C@@H](N=C=S)c1conc1C. The maximum Gasteiger partial charge on any atom is 0.129 e. The zero-order valence-electron chi connectivity index (χ0n) is 7.07. The number of nitrogens with zero attached hydrogens (tertiary/aromatic N) is 2. The first-order valence-electron chi connectivity index (χ1n) is 3.77. The summed E-state index contributed by atoms with van der Waals surface area (Å²) in [4.78, 5) is 4.01. The van der Waals surface area contributed by atoms with Gasteiger partial charge in [0.2, 0.25) is 0 Å². The van der Waals surface area contributed by atoms with E-state index in [1.54, 1.807) is 6.26 Å². The molecule has 0 aliphatic heterocycles. The Bertz CT molecular complexity index is 302. The van der Waals surface area contributed by atoms with Crippen LogP contribution in [0.1, 0.15) is 30.6 Å². The summed E-state index contributed by atoms with van der Waals surface area (Å²) in [5.41, 5.74) is 1.87. The number of aryl methyl sites for hydroxylation is 1. The Morgan fingerprint density at radius 2 is 2.58 bits per heavy atom. The maximum atomic E-state index is 4.80. The van der Waals surface area contributed by atoms with Crippen molar-refractivity contribution in [2.75, 3.05) is 0 Å². The van der Waals surface area contributed by atoms with Crippen molar-refractivity contribution in [3.05, 3.63) is 17.5 Å². The minimum atomic E-state index is 0.0498. The van der Waals surface area contributed by atoms with E-state index in [1.165, 1.54) is 0 Å². The van der Waals surface area contributed by atoms with E-state index in [-0.39, 0.29) is 6.04 Å². The molecular weight excluding hydrogens is 172 g/mol. The molecule has 1 aromatic rings. The Morgan fingerprint density at radius 3 is 3.00 bits per heavy atom. The highest BCUT2D eigenvalue weighted by Crippen LogP contribution is 2.22. The van der Waals surface area contributed by atoms with Crippen molar-refractivity contribution in [3.63, 3.8) is 0 Å². The van der Waals surface area contributed by atoms with Gasteiger partial charge in [0.05, 0.1) is 16.9 Å². The van der Waals surface area contributed by atoms with Crippen LogP contribution in [0.4, 0.5) is 0 Å². The molecule has 64 valence electrons. The second-order valence-electron chi connectivity index (χ2n) is 2.50. The molecule has 0 bridgehead atoms. The lowest BCUT2D eigenvalue weighted by molar-refractivity contribution is 0.413.